The van der Waals surface area contributed by atoms with Gasteiger partial charge in [0.1, 0.15) is 17.1 Å². The van der Waals surface area contributed by atoms with Crippen LogP contribution in [0.3, 0.4) is 0 Å². The summed E-state index contributed by atoms with van der Waals surface area (Å²) in [5, 5.41) is 21.1. The molecule has 0 saturated heterocycles. The summed E-state index contributed by atoms with van der Waals surface area (Å²) in [5.41, 5.74) is 0.447. The van der Waals surface area contributed by atoms with E-state index in [1.165, 1.54) is 7.11 Å². The van der Waals surface area contributed by atoms with E-state index in [4.69, 9.17) is 9.73 Å². The van der Waals surface area contributed by atoms with Gasteiger partial charge in [-0.3, -0.25) is 14.8 Å². The van der Waals surface area contributed by atoms with Gasteiger partial charge >= 0.3 is 5.69 Å². The number of H-pyrrole nitrogens is 1. The standard InChI is InChI=1S/C26H21N3O5S/c1-34-20-11-4-3-10-19(20)29-25(32)23(24(31)28-26(29)33)18-14-22(15-7-6-8-16(30)13-15)35-21-12-5-2-9-17(21)27-18/h2-13,22,30,32H,14H2,1H3,(H,28,31,33). The summed E-state index contributed by atoms with van der Waals surface area (Å²) >= 11 is 1.55. The van der Waals surface area contributed by atoms with Gasteiger partial charge in [0.05, 0.1) is 24.2 Å². The number of nitrogens with zero attached hydrogens (tertiary/aromatic N) is 2. The van der Waals surface area contributed by atoms with Gasteiger partial charge in [0.25, 0.3) is 5.56 Å². The highest BCUT2D eigenvalue weighted by Crippen LogP contribution is 2.46. The van der Waals surface area contributed by atoms with Crippen molar-refractivity contribution in [2.24, 2.45) is 4.99 Å². The van der Waals surface area contributed by atoms with Gasteiger partial charge in [-0.15, -0.1) is 11.8 Å². The molecule has 0 bridgehead atoms. The zero-order chi connectivity index (χ0) is 24.5. The third-order valence-electron chi connectivity index (χ3n) is 5.71. The molecule has 1 aromatic heterocycles. The summed E-state index contributed by atoms with van der Waals surface area (Å²) in [7, 11) is 1.46. The van der Waals surface area contributed by atoms with E-state index < -0.39 is 17.1 Å². The Balaban J connectivity index is 1.73. The van der Waals surface area contributed by atoms with Crippen molar-refractivity contribution < 1.29 is 14.9 Å². The van der Waals surface area contributed by atoms with Crippen LogP contribution in [-0.4, -0.2) is 32.6 Å². The Morgan fingerprint density at radius 2 is 1.80 bits per heavy atom. The van der Waals surface area contributed by atoms with Crippen molar-refractivity contribution in [3.63, 3.8) is 0 Å². The molecule has 2 heterocycles. The number of aromatic hydroxyl groups is 2. The van der Waals surface area contributed by atoms with Gasteiger partial charge in [-0.1, -0.05) is 36.4 Å². The number of nitrogens with one attached hydrogen (secondary N) is 1. The molecular weight excluding hydrogens is 466 g/mol. The van der Waals surface area contributed by atoms with Gasteiger partial charge in [-0.2, -0.15) is 0 Å². The fourth-order valence-electron chi connectivity index (χ4n) is 4.10. The number of aromatic nitrogens is 2. The fourth-order valence-corrected chi connectivity index (χ4v) is 5.32. The normalized spacial score (nSPS) is 15.1. The lowest BCUT2D eigenvalue weighted by Crippen LogP contribution is -2.33. The molecule has 35 heavy (non-hydrogen) atoms. The van der Waals surface area contributed by atoms with Crippen LogP contribution in [0.5, 0.6) is 17.4 Å². The molecule has 3 aromatic carbocycles. The summed E-state index contributed by atoms with van der Waals surface area (Å²) in [6.45, 7) is 0. The molecular formula is C26H21N3O5S. The summed E-state index contributed by atoms with van der Waals surface area (Å²) < 4.78 is 6.36. The number of para-hydroxylation sites is 3. The number of aliphatic imine (C=N–C) groups is 1. The lowest BCUT2D eigenvalue weighted by atomic mass is 10.0. The molecule has 1 unspecified atom stereocenters. The SMILES string of the molecule is COc1ccccc1-n1c(O)c(C2=Nc3ccccc3SC(c3cccc(O)c3)C2)c(=O)[nH]c1=O. The Bertz CT molecular complexity index is 1570. The molecule has 1 aliphatic rings. The summed E-state index contributed by atoms with van der Waals surface area (Å²) in [6, 6.07) is 21.1. The van der Waals surface area contributed by atoms with Gasteiger partial charge in [0.15, 0.2) is 0 Å². The second-order valence-electron chi connectivity index (χ2n) is 7.90. The lowest BCUT2D eigenvalue weighted by molar-refractivity contribution is 0.401. The Hall–Kier alpha value is -4.24. The molecule has 1 atom stereocenters. The minimum absolute atomic E-state index is 0.0991. The van der Waals surface area contributed by atoms with E-state index in [1.54, 1.807) is 54.2 Å². The number of ether oxygens (including phenoxy) is 1. The summed E-state index contributed by atoms with van der Waals surface area (Å²) in [5.74, 6) is -0.0465. The van der Waals surface area contributed by atoms with Crippen LogP contribution in [0.15, 0.2) is 92.3 Å². The Morgan fingerprint density at radius 1 is 1.03 bits per heavy atom. The molecule has 0 saturated carbocycles. The molecule has 0 spiro atoms. The first kappa shape index (κ1) is 22.5. The van der Waals surface area contributed by atoms with Crippen LogP contribution >= 0.6 is 11.8 Å². The molecule has 3 N–H and O–H groups in total. The van der Waals surface area contributed by atoms with Crippen molar-refractivity contribution in [3.8, 4) is 23.1 Å². The number of hydrogen-bond donors (Lipinski definition) is 3. The van der Waals surface area contributed by atoms with E-state index in [-0.39, 0.29) is 28.7 Å². The zero-order valence-electron chi connectivity index (χ0n) is 18.6. The molecule has 176 valence electrons. The first-order chi connectivity index (χ1) is 17.0. The van der Waals surface area contributed by atoms with Crippen molar-refractivity contribution in [1.82, 2.24) is 9.55 Å². The molecule has 0 amide bonds. The number of thioether (sulfide) groups is 1. The van der Waals surface area contributed by atoms with Crippen molar-refractivity contribution in [3.05, 3.63) is 105 Å². The number of phenols is 1. The second-order valence-corrected chi connectivity index (χ2v) is 9.14. The van der Waals surface area contributed by atoms with E-state index >= 15 is 0 Å². The van der Waals surface area contributed by atoms with E-state index in [0.29, 0.717) is 17.1 Å². The second kappa shape index (κ2) is 9.19. The Morgan fingerprint density at radius 3 is 2.60 bits per heavy atom. The van der Waals surface area contributed by atoms with E-state index in [9.17, 15) is 19.8 Å². The molecule has 5 rings (SSSR count). The average Bonchev–Trinajstić information content (AvgIpc) is 3.04. The topological polar surface area (TPSA) is 117 Å². The molecule has 0 fully saturated rings. The highest BCUT2D eigenvalue weighted by atomic mass is 32.2. The highest BCUT2D eigenvalue weighted by Gasteiger charge is 2.28. The first-order valence-corrected chi connectivity index (χ1v) is 11.7. The molecule has 0 radical (unpaired) electrons. The molecule has 8 nitrogen and oxygen atoms in total. The maximum absolute atomic E-state index is 13.0. The number of phenolic OH excluding ortho intramolecular Hbond substituents is 1. The monoisotopic (exact) mass is 487 g/mol. The average molecular weight is 488 g/mol. The van der Waals surface area contributed by atoms with Crippen LogP contribution in [0.4, 0.5) is 5.69 Å². The fraction of sp³-hybridized carbons (Fsp3) is 0.115. The molecule has 9 heteroatoms. The first-order valence-electron chi connectivity index (χ1n) is 10.8. The number of methoxy groups -OCH3 is 1. The highest BCUT2D eigenvalue weighted by molar-refractivity contribution is 7.99. The quantitative estimate of drug-likeness (QED) is 0.395. The number of hydrogen-bond acceptors (Lipinski definition) is 7. The maximum Gasteiger partial charge on any atom is 0.335 e. The van der Waals surface area contributed by atoms with Crippen LogP contribution in [0.2, 0.25) is 0 Å². The summed E-state index contributed by atoms with van der Waals surface area (Å²) in [4.78, 5) is 33.8. The van der Waals surface area contributed by atoms with E-state index in [1.807, 2.05) is 30.3 Å². The number of fused-ring (bicyclic) bond motifs is 1. The smallest absolute Gasteiger partial charge is 0.335 e. The van der Waals surface area contributed by atoms with Crippen molar-refractivity contribution >= 4 is 23.2 Å². The lowest BCUT2D eigenvalue weighted by Gasteiger charge is -2.18. The van der Waals surface area contributed by atoms with Crippen molar-refractivity contribution in [2.75, 3.05) is 7.11 Å². The largest absolute Gasteiger partial charge is 0.508 e. The minimum atomic E-state index is -0.797. The third-order valence-corrected chi connectivity index (χ3v) is 7.03. The Labute approximate surface area is 204 Å². The molecule has 4 aromatic rings. The van der Waals surface area contributed by atoms with Crippen LogP contribution in [0.25, 0.3) is 5.69 Å². The van der Waals surface area contributed by atoms with Crippen LogP contribution < -0.4 is 16.0 Å². The van der Waals surface area contributed by atoms with Gasteiger partial charge in [-0.25, -0.2) is 9.36 Å². The van der Waals surface area contributed by atoms with Gasteiger partial charge in [0, 0.05) is 16.6 Å². The number of aromatic amines is 1. The van der Waals surface area contributed by atoms with Crippen LogP contribution in [0.1, 0.15) is 22.8 Å². The number of benzene rings is 3. The minimum Gasteiger partial charge on any atom is -0.508 e. The van der Waals surface area contributed by atoms with Crippen molar-refractivity contribution in [1.29, 1.82) is 0 Å². The van der Waals surface area contributed by atoms with Gasteiger partial charge in [0.2, 0.25) is 5.88 Å². The molecule has 1 aliphatic heterocycles. The van der Waals surface area contributed by atoms with Crippen molar-refractivity contribution in [2.45, 2.75) is 16.6 Å². The van der Waals surface area contributed by atoms with Crippen LogP contribution in [0, 0.1) is 0 Å². The zero-order valence-corrected chi connectivity index (χ0v) is 19.5. The van der Waals surface area contributed by atoms with E-state index in [0.717, 1.165) is 15.0 Å². The van der Waals surface area contributed by atoms with E-state index in [2.05, 4.69) is 4.98 Å². The Kier molecular flexibility index (Phi) is 5.92. The third kappa shape index (κ3) is 4.22. The summed E-state index contributed by atoms with van der Waals surface area (Å²) in [6.07, 6.45) is 0.267. The predicted octanol–water partition coefficient (Wildman–Crippen LogP) is 4.30. The predicted molar refractivity (Wildman–Crippen MR) is 135 cm³/mol. The molecule has 0 aliphatic carbocycles. The van der Waals surface area contributed by atoms with Crippen LogP contribution in [-0.2, 0) is 0 Å². The maximum atomic E-state index is 13.0. The number of rotatable bonds is 4. The van der Waals surface area contributed by atoms with Gasteiger partial charge in [-0.05, 0) is 42.0 Å². The van der Waals surface area contributed by atoms with Gasteiger partial charge < -0.3 is 14.9 Å².